The molecule has 0 aromatic carbocycles. The lowest BCUT2D eigenvalue weighted by Crippen LogP contribution is -2.53. The molecule has 0 bridgehead atoms. The average molecular weight is 184 g/mol. The Labute approximate surface area is 82.5 Å². The molecule has 3 atom stereocenters. The third-order valence-corrected chi connectivity index (χ3v) is 3.24. The first-order valence-corrected chi connectivity index (χ1v) is 5.60. The summed E-state index contributed by atoms with van der Waals surface area (Å²) in [6.45, 7) is 10.3. The van der Waals surface area contributed by atoms with Gasteiger partial charge in [0.1, 0.15) is 0 Å². The summed E-state index contributed by atoms with van der Waals surface area (Å²) in [6.07, 6.45) is 2.64. The van der Waals surface area contributed by atoms with Crippen molar-refractivity contribution in [1.82, 2.24) is 10.6 Å². The summed E-state index contributed by atoms with van der Waals surface area (Å²) >= 11 is 0. The highest BCUT2D eigenvalue weighted by Crippen LogP contribution is 2.11. The number of hydrogen-bond acceptors (Lipinski definition) is 2. The van der Waals surface area contributed by atoms with Crippen molar-refractivity contribution in [3.05, 3.63) is 0 Å². The Balaban J connectivity index is 2.33. The molecule has 1 rings (SSSR count). The van der Waals surface area contributed by atoms with E-state index < -0.39 is 0 Å². The second kappa shape index (κ2) is 4.97. The SMILES string of the molecule is CC(C)C(C)N[C@@H]1CCCN[C@@H]1C. The van der Waals surface area contributed by atoms with Crippen molar-refractivity contribution in [2.75, 3.05) is 6.54 Å². The summed E-state index contributed by atoms with van der Waals surface area (Å²) in [6, 6.07) is 1.94. The maximum atomic E-state index is 3.71. The molecule has 2 N–H and O–H groups in total. The molecule has 0 aromatic rings. The molecule has 1 saturated heterocycles. The Bertz CT molecular complexity index is 145. The molecule has 13 heavy (non-hydrogen) atoms. The summed E-state index contributed by atoms with van der Waals surface area (Å²) in [5, 5.41) is 7.22. The van der Waals surface area contributed by atoms with E-state index in [2.05, 4.69) is 38.3 Å². The van der Waals surface area contributed by atoms with Gasteiger partial charge in [-0.05, 0) is 39.2 Å². The molecule has 0 radical (unpaired) electrons. The quantitative estimate of drug-likeness (QED) is 0.698. The lowest BCUT2D eigenvalue weighted by Gasteiger charge is -2.34. The number of rotatable bonds is 3. The molecule has 1 heterocycles. The zero-order chi connectivity index (χ0) is 9.84. The fraction of sp³-hybridized carbons (Fsp3) is 1.00. The average Bonchev–Trinajstić information content (AvgIpc) is 2.08. The summed E-state index contributed by atoms with van der Waals surface area (Å²) in [5.74, 6) is 0.731. The first-order chi connectivity index (χ1) is 6.11. The zero-order valence-corrected chi connectivity index (χ0v) is 9.43. The van der Waals surface area contributed by atoms with Crippen LogP contribution >= 0.6 is 0 Å². The third kappa shape index (κ3) is 3.28. The fourth-order valence-corrected chi connectivity index (χ4v) is 1.80. The van der Waals surface area contributed by atoms with Gasteiger partial charge in [0.05, 0.1) is 0 Å². The Morgan fingerprint density at radius 1 is 1.31 bits per heavy atom. The van der Waals surface area contributed by atoms with Crippen molar-refractivity contribution in [2.24, 2.45) is 5.92 Å². The normalized spacial score (nSPS) is 32.1. The first kappa shape index (κ1) is 11.0. The maximum Gasteiger partial charge on any atom is 0.0221 e. The van der Waals surface area contributed by atoms with Crippen molar-refractivity contribution < 1.29 is 0 Å². The monoisotopic (exact) mass is 184 g/mol. The molecule has 0 aromatic heterocycles. The Hall–Kier alpha value is -0.0800. The highest BCUT2D eigenvalue weighted by atomic mass is 15.0. The largest absolute Gasteiger partial charge is 0.313 e. The van der Waals surface area contributed by atoms with E-state index in [1.54, 1.807) is 0 Å². The van der Waals surface area contributed by atoms with Gasteiger partial charge in [0.25, 0.3) is 0 Å². The standard InChI is InChI=1S/C11H24N2/c1-8(2)9(3)13-11-6-5-7-12-10(11)4/h8-13H,5-7H2,1-4H3/t9?,10-,11-/m1/s1. The van der Waals surface area contributed by atoms with Gasteiger partial charge < -0.3 is 10.6 Å². The second-order valence-electron chi connectivity index (χ2n) is 4.69. The van der Waals surface area contributed by atoms with Gasteiger partial charge in [-0.2, -0.15) is 0 Å². The topological polar surface area (TPSA) is 24.1 Å². The zero-order valence-electron chi connectivity index (χ0n) is 9.43. The van der Waals surface area contributed by atoms with Crippen LogP contribution in [0.5, 0.6) is 0 Å². The maximum absolute atomic E-state index is 3.71. The van der Waals surface area contributed by atoms with Gasteiger partial charge in [0.2, 0.25) is 0 Å². The van der Waals surface area contributed by atoms with Crippen LogP contribution in [0.4, 0.5) is 0 Å². The van der Waals surface area contributed by atoms with Crippen molar-refractivity contribution >= 4 is 0 Å². The van der Waals surface area contributed by atoms with E-state index in [-0.39, 0.29) is 0 Å². The summed E-state index contributed by atoms with van der Waals surface area (Å²) in [7, 11) is 0. The Morgan fingerprint density at radius 3 is 2.54 bits per heavy atom. The molecule has 1 fully saturated rings. The molecule has 78 valence electrons. The lowest BCUT2D eigenvalue weighted by molar-refractivity contribution is 0.273. The van der Waals surface area contributed by atoms with Gasteiger partial charge >= 0.3 is 0 Å². The second-order valence-corrected chi connectivity index (χ2v) is 4.69. The van der Waals surface area contributed by atoms with Crippen molar-refractivity contribution in [3.63, 3.8) is 0 Å². The van der Waals surface area contributed by atoms with Crippen LogP contribution in [0.3, 0.4) is 0 Å². The third-order valence-electron chi connectivity index (χ3n) is 3.24. The van der Waals surface area contributed by atoms with Gasteiger partial charge in [-0.25, -0.2) is 0 Å². The van der Waals surface area contributed by atoms with Crippen molar-refractivity contribution in [2.45, 2.75) is 58.7 Å². The van der Waals surface area contributed by atoms with Crippen LogP contribution in [0.2, 0.25) is 0 Å². The van der Waals surface area contributed by atoms with E-state index in [4.69, 9.17) is 0 Å². The summed E-state index contributed by atoms with van der Waals surface area (Å²) in [4.78, 5) is 0. The van der Waals surface area contributed by atoms with Gasteiger partial charge in [0, 0.05) is 18.1 Å². The highest BCUT2D eigenvalue weighted by Gasteiger charge is 2.22. The van der Waals surface area contributed by atoms with Crippen LogP contribution < -0.4 is 10.6 Å². The smallest absolute Gasteiger partial charge is 0.0221 e. The van der Waals surface area contributed by atoms with E-state index in [9.17, 15) is 0 Å². The molecular weight excluding hydrogens is 160 g/mol. The molecule has 0 spiro atoms. The van der Waals surface area contributed by atoms with Crippen LogP contribution in [0.1, 0.15) is 40.5 Å². The Morgan fingerprint density at radius 2 is 2.00 bits per heavy atom. The molecule has 2 heteroatoms. The van der Waals surface area contributed by atoms with Gasteiger partial charge in [-0.1, -0.05) is 13.8 Å². The molecule has 1 unspecified atom stereocenters. The predicted octanol–water partition coefficient (Wildman–Crippen LogP) is 1.76. The summed E-state index contributed by atoms with van der Waals surface area (Å²) in [5.41, 5.74) is 0. The molecule has 1 aliphatic rings. The van der Waals surface area contributed by atoms with Crippen molar-refractivity contribution in [3.8, 4) is 0 Å². The highest BCUT2D eigenvalue weighted by molar-refractivity contribution is 4.85. The molecule has 1 aliphatic heterocycles. The fourth-order valence-electron chi connectivity index (χ4n) is 1.80. The van der Waals surface area contributed by atoms with Crippen LogP contribution in [0.15, 0.2) is 0 Å². The van der Waals surface area contributed by atoms with E-state index in [1.807, 2.05) is 0 Å². The molecular formula is C11H24N2. The lowest BCUT2D eigenvalue weighted by atomic mass is 9.97. The number of hydrogen-bond donors (Lipinski definition) is 2. The molecule has 2 nitrogen and oxygen atoms in total. The van der Waals surface area contributed by atoms with Gasteiger partial charge in [-0.15, -0.1) is 0 Å². The minimum Gasteiger partial charge on any atom is -0.313 e. The van der Waals surface area contributed by atoms with Crippen LogP contribution in [0.25, 0.3) is 0 Å². The van der Waals surface area contributed by atoms with Crippen LogP contribution in [-0.2, 0) is 0 Å². The first-order valence-electron chi connectivity index (χ1n) is 5.60. The summed E-state index contributed by atoms with van der Waals surface area (Å²) < 4.78 is 0. The number of piperidine rings is 1. The Kier molecular flexibility index (Phi) is 4.20. The van der Waals surface area contributed by atoms with Gasteiger partial charge in [-0.3, -0.25) is 0 Å². The van der Waals surface area contributed by atoms with Gasteiger partial charge in [0.15, 0.2) is 0 Å². The van der Waals surface area contributed by atoms with Crippen LogP contribution in [0, 0.1) is 5.92 Å². The molecule has 0 aliphatic carbocycles. The molecule has 0 saturated carbocycles. The number of nitrogens with one attached hydrogen (secondary N) is 2. The minimum atomic E-state index is 0.632. The van der Waals surface area contributed by atoms with Crippen LogP contribution in [-0.4, -0.2) is 24.7 Å². The van der Waals surface area contributed by atoms with E-state index >= 15 is 0 Å². The van der Waals surface area contributed by atoms with E-state index in [0.29, 0.717) is 18.1 Å². The van der Waals surface area contributed by atoms with Crippen molar-refractivity contribution in [1.29, 1.82) is 0 Å². The predicted molar refractivity (Wildman–Crippen MR) is 57.9 cm³/mol. The van der Waals surface area contributed by atoms with E-state index in [0.717, 1.165) is 5.92 Å². The minimum absolute atomic E-state index is 0.632. The van der Waals surface area contributed by atoms with E-state index in [1.165, 1.54) is 19.4 Å². The molecule has 0 amide bonds.